The molecule has 1 heterocycles. The van der Waals surface area contributed by atoms with Crippen molar-refractivity contribution in [3.8, 4) is 5.75 Å². The Bertz CT molecular complexity index is 713. The second-order valence-electron chi connectivity index (χ2n) is 4.60. The molecule has 2 aromatic rings. The third-order valence-corrected chi connectivity index (χ3v) is 6.58. The molecule has 0 aliphatic carbocycles. The zero-order valence-corrected chi connectivity index (χ0v) is 15.4. The van der Waals surface area contributed by atoms with Gasteiger partial charge in [-0.3, -0.25) is 0 Å². The van der Waals surface area contributed by atoms with Crippen molar-refractivity contribution in [1.29, 1.82) is 0 Å². The van der Waals surface area contributed by atoms with Gasteiger partial charge in [-0.25, -0.2) is 13.1 Å². The lowest BCUT2D eigenvalue weighted by Crippen LogP contribution is -2.24. The molecular formula is C15H18BrNO3S2. The lowest BCUT2D eigenvalue weighted by atomic mass is 10.1. The summed E-state index contributed by atoms with van der Waals surface area (Å²) in [6.45, 7) is 2.97. The number of ether oxygens (including phenoxy) is 1. The minimum absolute atomic E-state index is 0.328. The summed E-state index contributed by atoms with van der Waals surface area (Å²) < 4.78 is 33.5. The molecule has 0 radical (unpaired) electrons. The van der Waals surface area contributed by atoms with E-state index in [0.717, 1.165) is 27.9 Å². The number of rotatable bonds is 8. The van der Waals surface area contributed by atoms with Gasteiger partial charge in [0.25, 0.3) is 0 Å². The van der Waals surface area contributed by atoms with Gasteiger partial charge in [0.2, 0.25) is 10.0 Å². The van der Waals surface area contributed by atoms with Crippen LogP contribution in [0.1, 0.15) is 18.9 Å². The molecule has 4 nitrogen and oxygen atoms in total. The van der Waals surface area contributed by atoms with Crippen molar-refractivity contribution in [2.45, 2.75) is 24.0 Å². The first-order valence-corrected chi connectivity index (χ1v) is 10.1. The highest BCUT2D eigenvalue weighted by Crippen LogP contribution is 2.25. The smallest absolute Gasteiger partial charge is 0.250 e. The van der Waals surface area contributed by atoms with Crippen LogP contribution in [0.3, 0.4) is 0 Å². The molecule has 7 heteroatoms. The quantitative estimate of drug-likeness (QED) is 0.681. The topological polar surface area (TPSA) is 55.4 Å². The summed E-state index contributed by atoms with van der Waals surface area (Å²) in [5, 5.41) is 0. The van der Waals surface area contributed by atoms with E-state index < -0.39 is 10.0 Å². The Kier molecular flexibility index (Phi) is 6.43. The van der Waals surface area contributed by atoms with Gasteiger partial charge < -0.3 is 4.74 Å². The molecule has 1 N–H and O–H groups in total. The standard InChI is InChI=1S/C15H18BrNO3S2/c1-2-20-13-8-4-3-6-12(13)7-5-11-17-22(18,19)15-10-9-14(16)21-15/h3-4,6,8-10,17H,2,5,7,11H2,1H3. The molecule has 2 rings (SSSR count). The van der Waals surface area contributed by atoms with Crippen LogP contribution in [0.5, 0.6) is 5.75 Å². The van der Waals surface area contributed by atoms with Crippen LogP contribution in [0.4, 0.5) is 0 Å². The second kappa shape index (κ2) is 8.10. The molecule has 0 spiro atoms. The van der Waals surface area contributed by atoms with E-state index in [0.29, 0.717) is 17.4 Å². The predicted octanol–water partition coefficient (Wildman–Crippen LogP) is 3.82. The summed E-state index contributed by atoms with van der Waals surface area (Å²) in [5.41, 5.74) is 1.10. The van der Waals surface area contributed by atoms with Gasteiger partial charge in [-0.05, 0) is 59.5 Å². The molecular weight excluding hydrogens is 386 g/mol. The predicted molar refractivity (Wildman–Crippen MR) is 93.1 cm³/mol. The number of nitrogens with one attached hydrogen (secondary N) is 1. The van der Waals surface area contributed by atoms with E-state index in [4.69, 9.17) is 4.74 Å². The first-order chi connectivity index (χ1) is 10.5. The maximum atomic E-state index is 12.1. The second-order valence-corrected chi connectivity index (χ2v) is 9.06. The Morgan fingerprint density at radius 3 is 2.68 bits per heavy atom. The average molecular weight is 404 g/mol. The first kappa shape index (κ1) is 17.5. The molecule has 22 heavy (non-hydrogen) atoms. The number of thiophene rings is 1. The van der Waals surface area contributed by atoms with E-state index in [2.05, 4.69) is 20.7 Å². The molecule has 0 saturated carbocycles. The molecule has 0 bridgehead atoms. The summed E-state index contributed by atoms with van der Waals surface area (Å²) in [4.78, 5) is 0. The number of benzene rings is 1. The molecule has 0 aliphatic rings. The largest absolute Gasteiger partial charge is 0.494 e. The van der Waals surface area contributed by atoms with Crippen LogP contribution in [0.25, 0.3) is 0 Å². The number of para-hydroxylation sites is 1. The van der Waals surface area contributed by atoms with Crippen LogP contribution in [-0.4, -0.2) is 21.6 Å². The normalized spacial score (nSPS) is 11.5. The molecule has 1 aromatic heterocycles. The van der Waals surface area contributed by atoms with Gasteiger partial charge in [0.15, 0.2) is 0 Å². The third kappa shape index (κ3) is 4.81. The Labute approximate surface area is 143 Å². The zero-order valence-electron chi connectivity index (χ0n) is 12.2. The molecule has 0 amide bonds. The SMILES string of the molecule is CCOc1ccccc1CCCNS(=O)(=O)c1ccc(Br)s1. The van der Waals surface area contributed by atoms with Crippen molar-refractivity contribution in [3.05, 3.63) is 45.7 Å². The van der Waals surface area contributed by atoms with E-state index in [-0.39, 0.29) is 0 Å². The van der Waals surface area contributed by atoms with E-state index in [1.807, 2.05) is 31.2 Å². The van der Waals surface area contributed by atoms with Crippen molar-refractivity contribution in [2.75, 3.05) is 13.2 Å². The molecule has 1 aromatic carbocycles. The van der Waals surface area contributed by atoms with Gasteiger partial charge >= 0.3 is 0 Å². The minimum atomic E-state index is -3.41. The highest BCUT2D eigenvalue weighted by Gasteiger charge is 2.15. The van der Waals surface area contributed by atoms with Gasteiger partial charge in [-0.15, -0.1) is 11.3 Å². The van der Waals surface area contributed by atoms with Gasteiger partial charge in [0.05, 0.1) is 10.4 Å². The maximum Gasteiger partial charge on any atom is 0.250 e. The first-order valence-electron chi connectivity index (χ1n) is 6.98. The number of sulfonamides is 1. The summed E-state index contributed by atoms with van der Waals surface area (Å²) in [7, 11) is -3.41. The molecule has 0 saturated heterocycles. The van der Waals surface area contributed by atoms with Crippen molar-refractivity contribution < 1.29 is 13.2 Å². The van der Waals surface area contributed by atoms with Crippen molar-refractivity contribution in [2.24, 2.45) is 0 Å². The average Bonchev–Trinajstić information content (AvgIpc) is 2.93. The number of hydrogen-bond acceptors (Lipinski definition) is 4. The van der Waals surface area contributed by atoms with Gasteiger partial charge in [0, 0.05) is 6.54 Å². The summed E-state index contributed by atoms with van der Waals surface area (Å²) in [5.74, 6) is 0.870. The molecule has 0 unspecified atom stereocenters. The lowest BCUT2D eigenvalue weighted by molar-refractivity contribution is 0.336. The highest BCUT2D eigenvalue weighted by atomic mass is 79.9. The highest BCUT2D eigenvalue weighted by molar-refractivity contribution is 9.11. The number of hydrogen-bond donors (Lipinski definition) is 1. The number of aryl methyl sites for hydroxylation is 1. The monoisotopic (exact) mass is 403 g/mol. The zero-order chi connectivity index (χ0) is 16.0. The van der Waals surface area contributed by atoms with Crippen molar-refractivity contribution in [3.63, 3.8) is 0 Å². The molecule has 0 atom stereocenters. The molecule has 120 valence electrons. The Hall–Kier alpha value is -0.890. The van der Waals surface area contributed by atoms with Crippen LogP contribution in [-0.2, 0) is 16.4 Å². The molecule has 0 aliphatic heterocycles. The van der Waals surface area contributed by atoms with E-state index in [1.54, 1.807) is 12.1 Å². The van der Waals surface area contributed by atoms with Crippen LogP contribution in [0.15, 0.2) is 44.4 Å². The summed E-state index contributed by atoms with van der Waals surface area (Å²) in [6.07, 6.45) is 1.49. The summed E-state index contributed by atoms with van der Waals surface area (Å²) in [6, 6.07) is 11.2. The Morgan fingerprint density at radius 1 is 1.23 bits per heavy atom. The van der Waals surface area contributed by atoms with Crippen LogP contribution in [0.2, 0.25) is 0 Å². The fraction of sp³-hybridized carbons (Fsp3) is 0.333. The van der Waals surface area contributed by atoms with Crippen LogP contribution in [0, 0.1) is 0 Å². The fourth-order valence-corrected chi connectivity index (χ4v) is 5.13. The van der Waals surface area contributed by atoms with Crippen molar-refractivity contribution in [1.82, 2.24) is 4.72 Å². The number of halogens is 1. The van der Waals surface area contributed by atoms with Gasteiger partial charge in [-0.2, -0.15) is 0 Å². The van der Waals surface area contributed by atoms with Crippen molar-refractivity contribution >= 4 is 37.3 Å². The van der Waals surface area contributed by atoms with E-state index >= 15 is 0 Å². The van der Waals surface area contributed by atoms with Gasteiger partial charge in [0.1, 0.15) is 9.96 Å². The maximum absolute atomic E-state index is 12.1. The third-order valence-electron chi connectivity index (χ3n) is 3.00. The molecule has 0 fully saturated rings. The van der Waals surface area contributed by atoms with Crippen LogP contribution < -0.4 is 9.46 Å². The Balaban J connectivity index is 1.87. The van der Waals surface area contributed by atoms with E-state index in [9.17, 15) is 8.42 Å². The van der Waals surface area contributed by atoms with Crippen LogP contribution >= 0.6 is 27.3 Å². The lowest BCUT2D eigenvalue weighted by Gasteiger charge is -2.10. The minimum Gasteiger partial charge on any atom is -0.494 e. The fourth-order valence-electron chi connectivity index (χ4n) is 2.01. The van der Waals surface area contributed by atoms with E-state index in [1.165, 1.54) is 11.3 Å². The Morgan fingerprint density at radius 2 is 2.00 bits per heavy atom. The van der Waals surface area contributed by atoms with Gasteiger partial charge in [-0.1, -0.05) is 18.2 Å². The summed E-state index contributed by atoms with van der Waals surface area (Å²) >= 11 is 4.48.